The lowest BCUT2D eigenvalue weighted by molar-refractivity contribution is -0.0310. The topological polar surface area (TPSA) is 91.1 Å². The molecule has 1 fully saturated rings. The van der Waals surface area contributed by atoms with Gasteiger partial charge in [-0.1, -0.05) is 69.6 Å². The standard InChI is InChI=1S/C40H49ClF2N2O5Si/c1-22-31-29(48-40(22,23-14-11-10-12-15-23)30-16-13-19-45(30)37(47)49-38(2,3)4)21-27(42)34(41)33(31)32-26(36(44)46)20-25-24(35(32)43)17-18-28(25)50-51(8,9)39(5,6)7/h10-12,14-15,20-22,28,30H,13,16-19H2,1-9H3,(H2,44,46)/t22-,28?,30-,40-/m0/s1. The molecule has 1 saturated heterocycles. The second-order valence-corrected chi connectivity index (χ2v) is 21.9. The van der Waals surface area contributed by atoms with Crippen LogP contribution in [-0.2, 0) is 21.2 Å². The second kappa shape index (κ2) is 12.9. The number of likely N-dealkylation sites (tertiary alicyclic amines) is 1. The molecule has 11 heteroatoms. The Hall–Kier alpha value is -3.47. The van der Waals surface area contributed by atoms with Crippen LogP contribution in [0.5, 0.6) is 5.75 Å². The largest absolute Gasteiger partial charge is 0.479 e. The van der Waals surface area contributed by atoms with Gasteiger partial charge in [0.1, 0.15) is 23.0 Å². The van der Waals surface area contributed by atoms with Gasteiger partial charge in [-0.05, 0) is 87.3 Å². The van der Waals surface area contributed by atoms with E-state index in [-0.39, 0.29) is 32.5 Å². The van der Waals surface area contributed by atoms with Crippen molar-refractivity contribution in [3.63, 3.8) is 0 Å². The number of nitrogens with zero attached hydrogens (tertiary/aromatic N) is 1. The Balaban J connectivity index is 1.55. The maximum atomic E-state index is 17.2. The highest BCUT2D eigenvalue weighted by Crippen LogP contribution is 2.60. The number of nitrogens with two attached hydrogens (primary N) is 1. The summed E-state index contributed by atoms with van der Waals surface area (Å²) in [6.45, 7) is 18.5. The zero-order chi connectivity index (χ0) is 37.4. The van der Waals surface area contributed by atoms with Gasteiger partial charge in [0.25, 0.3) is 0 Å². The summed E-state index contributed by atoms with van der Waals surface area (Å²) >= 11 is 6.84. The molecule has 3 aromatic carbocycles. The number of ether oxygens (including phenoxy) is 2. The number of amides is 2. The van der Waals surface area contributed by atoms with E-state index in [1.54, 1.807) is 11.0 Å². The number of hydrogen-bond acceptors (Lipinski definition) is 5. The number of primary amides is 1. The van der Waals surface area contributed by atoms with Crippen LogP contribution in [0.3, 0.4) is 0 Å². The van der Waals surface area contributed by atoms with Gasteiger partial charge in [-0.3, -0.25) is 4.79 Å². The zero-order valence-electron chi connectivity index (χ0n) is 31.0. The Kier molecular flexibility index (Phi) is 9.42. The van der Waals surface area contributed by atoms with Crippen molar-refractivity contribution in [3.8, 4) is 16.9 Å². The molecule has 0 spiro atoms. The van der Waals surface area contributed by atoms with Gasteiger partial charge in [0.15, 0.2) is 13.9 Å². The lowest BCUT2D eigenvalue weighted by Gasteiger charge is -2.43. The first kappa shape index (κ1) is 37.3. The SMILES string of the molecule is C[C@H]1c2c(cc(F)c(Cl)c2-c2c(C(N)=O)cc3c(c2F)CCC3O[Si](C)(C)C(C)(C)C)O[C@@]1(c1ccccc1)[C@@H]1CCCN1C(=O)OC(C)(C)C. The van der Waals surface area contributed by atoms with E-state index >= 15 is 8.78 Å². The highest BCUT2D eigenvalue weighted by molar-refractivity contribution is 6.74. The second-order valence-electron chi connectivity index (χ2n) is 16.7. The minimum absolute atomic E-state index is 0.0293. The number of fused-ring (bicyclic) bond motifs is 2. The van der Waals surface area contributed by atoms with Gasteiger partial charge in [0.05, 0.1) is 22.7 Å². The third kappa shape index (κ3) is 6.25. The molecule has 6 rings (SSSR count). The molecule has 4 atom stereocenters. The molecule has 3 aliphatic rings. The molecule has 2 amide bonds. The highest BCUT2D eigenvalue weighted by atomic mass is 35.5. The van der Waals surface area contributed by atoms with Crippen molar-refractivity contribution in [2.24, 2.45) is 5.73 Å². The van der Waals surface area contributed by atoms with Crippen LogP contribution in [0, 0.1) is 11.6 Å². The first-order chi connectivity index (χ1) is 23.7. The molecule has 0 radical (unpaired) electrons. The Bertz CT molecular complexity index is 1890. The van der Waals surface area contributed by atoms with Gasteiger partial charge < -0.3 is 24.5 Å². The number of benzene rings is 3. The third-order valence-corrected chi connectivity index (χ3v) is 16.2. The normalized spacial score (nSPS) is 23.2. The molecule has 2 aliphatic heterocycles. The van der Waals surface area contributed by atoms with E-state index in [0.29, 0.717) is 48.9 Å². The summed E-state index contributed by atoms with van der Waals surface area (Å²) in [5.41, 5.74) is 6.00. The first-order valence-corrected chi connectivity index (χ1v) is 21.1. The van der Waals surface area contributed by atoms with E-state index in [1.165, 1.54) is 6.07 Å². The smallest absolute Gasteiger partial charge is 0.410 e. The maximum absolute atomic E-state index is 17.2. The van der Waals surface area contributed by atoms with Crippen LogP contribution in [0.1, 0.15) is 112 Å². The number of rotatable bonds is 6. The molecule has 0 bridgehead atoms. The average Bonchev–Trinajstić information content (AvgIpc) is 3.74. The fourth-order valence-electron chi connectivity index (χ4n) is 7.95. The number of halogens is 3. The van der Waals surface area contributed by atoms with E-state index in [1.807, 2.05) is 58.0 Å². The fraction of sp³-hybridized carbons (Fsp3) is 0.500. The monoisotopic (exact) mass is 738 g/mol. The van der Waals surface area contributed by atoms with E-state index in [2.05, 4.69) is 33.9 Å². The van der Waals surface area contributed by atoms with Crippen molar-refractivity contribution >= 4 is 31.9 Å². The quantitative estimate of drug-likeness (QED) is 0.254. The van der Waals surface area contributed by atoms with E-state index < -0.39 is 61.2 Å². The highest BCUT2D eigenvalue weighted by Gasteiger charge is 2.58. The lowest BCUT2D eigenvalue weighted by Crippen LogP contribution is -2.54. The molecule has 274 valence electrons. The van der Waals surface area contributed by atoms with Gasteiger partial charge >= 0.3 is 6.09 Å². The molecule has 51 heavy (non-hydrogen) atoms. The minimum atomic E-state index is -2.27. The van der Waals surface area contributed by atoms with E-state index in [4.69, 9.17) is 31.2 Å². The molecule has 0 aromatic heterocycles. The van der Waals surface area contributed by atoms with Gasteiger partial charge in [-0.25, -0.2) is 13.6 Å². The van der Waals surface area contributed by atoms with Crippen LogP contribution in [0.2, 0.25) is 23.2 Å². The summed E-state index contributed by atoms with van der Waals surface area (Å²) in [4.78, 5) is 28.6. The third-order valence-electron chi connectivity index (χ3n) is 11.3. The number of carbonyl (C=O) groups is 2. The van der Waals surface area contributed by atoms with Gasteiger partial charge in [0, 0.05) is 35.2 Å². The summed E-state index contributed by atoms with van der Waals surface area (Å²) < 4.78 is 52.7. The van der Waals surface area contributed by atoms with Gasteiger partial charge in [-0.15, -0.1) is 0 Å². The first-order valence-electron chi connectivity index (χ1n) is 17.8. The van der Waals surface area contributed by atoms with Crippen LogP contribution in [0.15, 0.2) is 42.5 Å². The summed E-state index contributed by atoms with van der Waals surface area (Å²) in [6.07, 6.45) is 1.28. The molecular formula is C40H49ClF2N2O5Si. The Morgan fingerprint density at radius 1 is 1.04 bits per heavy atom. The summed E-state index contributed by atoms with van der Waals surface area (Å²) in [7, 11) is -2.27. The van der Waals surface area contributed by atoms with Crippen LogP contribution in [-0.4, -0.2) is 43.4 Å². The van der Waals surface area contributed by atoms with Gasteiger partial charge in [-0.2, -0.15) is 0 Å². The number of hydrogen-bond donors (Lipinski definition) is 1. The van der Waals surface area contributed by atoms with Crippen molar-refractivity contribution in [3.05, 3.63) is 86.9 Å². The van der Waals surface area contributed by atoms with E-state index in [9.17, 15) is 9.59 Å². The fourth-order valence-corrected chi connectivity index (χ4v) is 9.51. The minimum Gasteiger partial charge on any atom is -0.479 e. The van der Waals surface area contributed by atoms with Crippen molar-refractivity contribution in [1.29, 1.82) is 0 Å². The average molecular weight is 739 g/mol. The molecule has 2 heterocycles. The van der Waals surface area contributed by atoms with Crippen LogP contribution < -0.4 is 10.5 Å². The number of carbonyl (C=O) groups excluding carboxylic acids is 2. The summed E-state index contributed by atoms with van der Waals surface area (Å²) in [5.74, 6) is -2.80. The molecule has 0 saturated carbocycles. The zero-order valence-corrected chi connectivity index (χ0v) is 32.8. The molecular weight excluding hydrogens is 690 g/mol. The Labute approximate surface area is 305 Å². The predicted molar refractivity (Wildman–Crippen MR) is 198 cm³/mol. The van der Waals surface area contributed by atoms with Crippen molar-refractivity contribution < 1.29 is 32.3 Å². The maximum Gasteiger partial charge on any atom is 0.410 e. The predicted octanol–water partition coefficient (Wildman–Crippen LogP) is 10.2. The molecule has 2 N–H and O–H groups in total. The summed E-state index contributed by atoms with van der Waals surface area (Å²) in [6, 6.07) is 11.8. The lowest BCUT2D eigenvalue weighted by atomic mass is 9.72. The van der Waals surface area contributed by atoms with Crippen LogP contribution >= 0.6 is 11.6 Å². The van der Waals surface area contributed by atoms with Crippen LogP contribution in [0.4, 0.5) is 13.6 Å². The molecule has 7 nitrogen and oxygen atoms in total. The van der Waals surface area contributed by atoms with E-state index in [0.717, 1.165) is 5.56 Å². The molecule has 1 unspecified atom stereocenters. The van der Waals surface area contributed by atoms with Crippen molar-refractivity contribution in [2.75, 3.05) is 6.54 Å². The Morgan fingerprint density at radius 2 is 1.71 bits per heavy atom. The molecule has 1 aliphatic carbocycles. The van der Waals surface area contributed by atoms with Crippen molar-refractivity contribution in [2.45, 2.75) is 122 Å². The Morgan fingerprint density at radius 3 is 2.31 bits per heavy atom. The summed E-state index contributed by atoms with van der Waals surface area (Å²) in [5, 5.41) is -0.423. The molecule has 3 aromatic rings. The van der Waals surface area contributed by atoms with Crippen molar-refractivity contribution in [1.82, 2.24) is 4.90 Å². The van der Waals surface area contributed by atoms with Crippen LogP contribution in [0.25, 0.3) is 11.1 Å². The van der Waals surface area contributed by atoms with Gasteiger partial charge in [0.2, 0.25) is 5.91 Å².